The minimum absolute atomic E-state index is 0.0193. The Morgan fingerprint density at radius 1 is 0.800 bits per heavy atom. The van der Waals surface area contributed by atoms with Gasteiger partial charge in [0.2, 0.25) is 0 Å². The molecule has 0 N–H and O–H groups in total. The first-order valence-corrected chi connectivity index (χ1v) is 10.8. The van der Waals surface area contributed by atoms with E-state index < -0.39 is 9.85 Å². The fourth-order valence-electron chi connectivity index (χ4n) is 3.84. The Kier molecular flexibility index (Phi) is 4.38. The molecule has 4 aromatic rings. The van der Waals surface area contributed by atoms with Crippen LogP contribution in [0.5, 0.6) is 0 Å². The first kappa shape index (κ1) is 18.5. The molecule has 8 heteroatoms. The van der Waals surface area contributed by atoms with Crippen molar-refractivity contribution in [1.82, 2.24) is 0 Å². The van der Waals surface area contributed by atoms with E-state index in [1.54, 1.807) is 46.9 Å². The number of nitro benzene ring substituents is 2. The molecule has 0 unspecified atom stereocenters. The second-order valence-corrected chi connectivity index (χ2v) is 9.13. The minimum atomic E-state index is -0.407. The molecule has 1 aromatic heterocycles. The van der Waals surface area contributed by atoms with Crippen molar-refractivity contribution in [2.24, 2.45) is 0 Å². The third-order valence-electron chi connectivity index (χ3n) is 5.19. The van der Waals surface area contributed by atoms with Gasteiger partial charge in [0.25, 0.3) is 15.6 Å². The van der Waals surface area contributed by atoms with Gasteiger partial charge in [0.15, 0.2) is 4.88 Å². The number of rotatable bonds is 4. The highest BCUT2D eigenvalue weighted by atomic mass is 32.2. The van der Waals surface area contributed by atoms with Crippen LogP contribution >= 0.6 is 22.7 Å². The average Bonchev–Trinajstić information content (AvgIpc) is 3.35. The fraction of sp³-hybridized carbons (Fsp3) is 0.0455. The molecule has 0 radical (unpaired) electrons. The molecule has 30 heavy (non-hydrogen) atoms. The third kappa shape index (κ3) is 2.97. The van der Waals surface area contributed by atoms with E-state index in [-0.39, 0.29) is 17.3 Å². The molecule has 3 aromatic carbocycles. The summed E-state index contributed by atoms with van der Waals surface area (Å²) < 4.78 is 1.04. The van der Waals surface area contributed by atoms with E-state index in [0.717, 1.165) is 36.9 Å². The van der Waals surface area contributed by atoms with Gasteiger partial charge >= 0.3 is 0 Å². The van der Waals surface area contributed by atoms with Crippen LogP contribution in [0.2, 0.25) is 0 Å². The minimum Gasteiger partial charge on any atom is -0.258 e. The molecule has 0 atom stereocenters. The zero-order valence-corrected chi connectivity index (χ0v) is 17.0. The Labute approximate surface area is 179 Å². The summed E-state index contributed by atoms with van der Waals surface area (Å²) in [5.41, 5.74) is 4.54. The standard InChI is InChI=1S/C22H13N2O4S2/c25-23(26)14-6-8-16-17-9-7-15(24(27)28)11-19(17)21(18(16)10-14)22-29-12-20(30-22)13-4-2-1-3-5-13/h1-12,21H/q+1. The van der Waals surface area contributed by atoms with Gasteiger partial charge in [-0.1, -0.05) is 30.3 Å². The molecule has 146 valence electrons. The molecular formula is C22H13N2O4S2+. The van der Waals surface area contributed by atoms with Crippen LogP contribution in [0.4, 0.5) is 11.4 Å². The predicted molar refractivity (Wildman–Crippen MR) is 118 cm³/mol. The molecule has 5 rings (SSSR count). The van der Waals surface area contributed by atoms with Crippen molar-refractivity contribution >= 4 is 34.0 Å². The zero-order valence-electron chi connectivity index (χ0n) is 15.3. The van der Waals surface area contributed by atoms with Crippen LogP contribution < -0.4 is 0 Å². The van der Waals surface area contributed by atoms with Gasteiger partial charge in [-0.05, 0) is 34.4 Å². The monoisotopic (exact) mass is 433 g/mol. The molecule has 0 saturated heterocycles. The molecular weight excluding hydrogens is 420 g/mol. The maximum absolute atomic E-state index is 11.4. The van der Waals surface area contributed by atoms with E-state index >= 15 is 0 Å². The molecule has 0 spiro atoms. The fourth-order valence-corrected chi connectivity index (χ4v) is 6.38. The maximum atomic E-state index is 11.4. The summed E-state index contributed by atoms with van der Waals surface area (Å²) >= 11 is 3.19. The number of non-ortho nitro benzene ring substituents is 2. The first-order valence-electron chi connectivity index (χ1n) is 9.07. The summed E-state index contributed by atoms with van der Waals surface area (Å²) in [5, 5.41) is 24.8. The van der Waals surface area contributed by atoms with E-state index in [2.05, 4.69) is 5.38 Å². The van der Waals surface area contributed by atoms with E-state index in [4.69, 9.17) is 0 Å². The van der Waals surface area contributed by atoms with Crippen molar-refractivity contribution in [2.45, 2.75) is 5.92 Å². The Morgan fingerprint density at radius 2 is 1.37 bits per heavy atom. The third-order valence-corrected chi connectivity index (χ3v) is 7.71. The number of fused-ring (bicyclic) bond motifs is 3. The van der Waals surface area contributed by atoms with Crippen LogP contribution in [-0.2, 0) is 0 Å². The van der Waals surface area contributed by atoms with E-state index in [1.807, 2.05) is 30.3 Å². The molecule has 1 aliphatic rings. The number of hydrogen-bond acceptors (Lipinski definition) is 5. The molecule has 1 heterocycles. The first-order chi connectivity index (χ1) is 14.5. The van der Waals surface area contributed by atoms with Crippen molar-refractivity contribution in [3.05, 3.63) is 108 Å². The van der Waals surface area contributed by atoms with Crippen LogP contribution in [0.15, 0.2) is 72.1 Å². The van der Waals surface area contributed by atoms with E-state index in [0.29, 0.717) is 0 Å². The summed E-state index contributed by atoms with van der Waals surface area (Å²) in [4.78, 5) is 23.0. The van der Waals surface area contributed by atoms with Crippen LogP contribution in [0.3, 0.4) is 0 Å². The molecule has 6 nitrogen and oxygen atoms in total. The Balaban J connectivity index is 1.70. The lowest BCUT2D eigenvalue weighted by Crippen LogP contribution is -1.98. The highest BCUT2D eigenvalue weighted by Gasteiger charge is 2.38. The van der Waals surface area contributed by atoms with Crippen LogP contribution in [0.1, 0.15) is 21.2 Å². The van der Waals surface area contributed by atoms with Crippen molar-refractivity contribution < 1.29 is 9.85 Å². The van der Waals surface area contributed by atoms with E-state index in [9.17, 15) is 20.2 Å². The van der Waals surface area contributed by atoms with Gasteiger partial charge in [0, 0.05) is 29.8 Å². The second kappa shape index (κ2) is 7.08. The average molecular weight is 433 g/mol. The summed E-state index contributed by atoms with van der Waals surface area (Å²) in [6.45, 7) is 0. The Bertz CT molecular complexity index is 1250. The van der Waals surface area contributed by atoms with Gasteiger partial charge in [-0.2, -0.15) is 0 Å². The number of benzene rings is 3. The number of nitrogens with zero attached hydrogens (tertiary/aromatic N) is 2. The Morgan fingerprint density at radius 3 is 1.90 bits per heavy atom. The molecule has 0 aliphatic heterocycles. The topological polar surface area (TPSA) is 86.3 Å². The summed E-state index contributed by atoms with van der Waals surface area (Å²) in [7, 11) is 0. The number of nitro groups is 2. The molecule has 0 bridgehead atoms. The van der Waals surface area contributed by atoms with Crippen molar-refractivity contribution in [2.75, 3.05) is 0 Å². The predicted octanol–water partition coefficient (Wildman–Crippen LogP) is 6.73. The smallest absolute Gasteiger partial charge is 0.258 e. The zero-order chi connectivity index (χ0) is 20.8. The lowest BCUT2D eigenvalue weighted by atomic mass is 9.98. The van der Waals surface area contributed by atoms with Gasteiger partial charge in [-0.25, -0.2) is 0 Å². The van der Waals surface area contributed by atoms with Crippen molar-refractivity contribution in [3.63, 3.8) is 0 Å². The Hall–Kier alpha value is -3.49. The lowest BCUT2D eigenvalue weighted by Gasteiger charge is -2.06. The van der Waals surface area contributed by atoms with Gasteiger partial charge in [-0.3, -0.25) is 20.2 Å². The second-order valence-electron chi connectivity index (χ2n) is 6.88. The number of hydrogen-bond donors (Lipinski definition) is 0. The highest BCUT2D eigenvalue weighted by molar-refractivity contribution is 7.32. The summed E-state index contributed by atoms with van der Waals surface area (Å²) in [6.07, 6.45) is 0. The maximum Gasteiger partial charge on any atom is 0.269 e. The van der Waals surface area contributed by atoms with Crippen LogP contribution in [0.25, 0.3) is 21.6 Å². The van der Waals surface area contributed by atoms with Crippen LogP contribution in [-0.4, -0.2) is 9.85 Å². The lowest BCUT2D eigenvalue weighted by molar-refractivity contribution is -0.385. The van der Waals surface area contributed by atoms with Gasteiger partial charge in [-0.15, -0.1) is 0 Å². The quantitative estimate of drug-likeness (QED) is 0.178. The molecule has 0 fully saturated rings. The van der Waals surface area contributed by atoms with Gasteiger partial charge in [0.1, 0.15) is 5.38 Å². The summed E-state index contributed by atoms with van der Waals surface area (Å²) in [5.74, 6) is -0.262. The van der Waals surface area contributed by atoms with Gasteiger partial charge in [0.05, 0.1) is 38.4 Å². The summed E-state index contributed by atoms with van der Waals surface area (Å²) in [6, 6.07) is 19.6. The van der Waals surface area contributed by atoms with E-state index in [1.165, 1.54) is 12.1 Å². The highest BCUT2D eigenvalue weighted by Crippen LogP contribution is 2.53. The van der Waals surface area contributed by atoms with Crippen molar-refractivity contribution in [3.8, 4) is 21.6 Å². The van der Waals surface area contributed by atoms with Crippen LogP contribution in [0, 0.1) is 20.2 Å². The largest absolute Gasteiger partial charge is 0.269 e. The normalized spacial score (nSPS) is 12.4. The van der Waals surface area contributed by atoms with Gasteiger partial charge < -0.3 is 0 Å². The molecule has 0 amide bonds. The molecule has 0 saturated carbocycles. The molecule has 1 aliphatic carbocycles. The SMILES string of the molecule is O=[N+]([O-])c1ccc2c(c1)C(c1sc(-c3ccccc3)c[s+]1)c1cc([N+](=O)[O-])ccc1-2. The van der Waals surface area contributed by atoms with Crippen molar-refractivity contribution in [1.29, 1.82) is 0 Å².